The predicted octanol–water partition coefficient (Wildman–Crippen LogP) is 4.36. The van der Waals surface area contributed by atoms with Crippen LogP contribution in [0.25, 0.3) is 0 Å². The van der Waals surface area contributed by atoms with Crippen LogP contribution >= 0.6 is 11.6 Å². The summed E-state index contributed by atoms with van der Waals surface area (Å²) in [4.78, 5) is 14.0. The molecule has 110 valence electrons. The molecule has 0 aromatic heterocycles. The largest absolute Gasteiger partial charge is 0.378 e. The molecule has 0 fully saturated rings. The van der Waals surface area contributed by atoms with Crippen LogP contribution in [0.2, 0.25) is 5.02 Å². The zero-order chi connectivity index (χ0) is 15.4. The van der Waals surface area contributed by atoms with Crippen molar-refractivity contribution >= 4 is 34.7 Å². The number of amides is 2. The van der Waals surface area contributed by atoms with Crippen molar-refractivity contribution in [1.29, 1.82) is 0 Å². The molecule has 0 radical (unpaired) electrons. The topological polar surface area (TPSA) is 44.4 Å². The average molecular weight is 304 g/mol. The maximum Gasteiger partial charge on any atom is 0.323 e. The van der Waals surface area contributed by atoms with Crippen molar-refractivity contribution in [2.75, 3.05) is 29.6 Å². The quantitative estimate of drug-likeness (QED) is 0.885. The first-order valence-electron chi connectivity index (χ1n) is 6.57. The fourth-order valence-corrected chi connectivity index (χ4v) is 2.12. The molecule has 2 aromatic carbocycles. The minimum absolute atomic E-state index is 0.280. The lowest BCUT2D eigenvalue weighted by atomic mass is 10.2. The molecule has 2 amide bonds. The first kappa shape index (κ1) is 15.2. The SMILES string of the molecule is Cc1cc(Cl)ccc1NC(=O)Nc1ccc(N(C)C)cc1. The molecule has 0 atom stereocenters. The van der Waals surface area contributed by atoms with Crippen molar-refractivity contribution < 1.29 is 4.79 Å². The molecule has 0 saturated heterocycles. The Morgan fingerprint density at radius 3 is 2.29 bits per heavy atom. The van der Waals surface area contributed by atoms with E-state index in [-0.39, 0.29) is 6.03 Å². The van der Waals surface area contributed by atoms with Crippen molar-refractivity contribution in [1.82, 2.24) is 0 Å². The Balaban J connectivity index is 2.01. The first-order chi connectivity index (χ1) is 9.95. The highest BCUT2D eigenvalue weighted by atomic mass is 35.5. The lowest BCUT2D eigenvalue weighted by Crippen LogP contribution is -2.20. The first-order valence-corrected chi connectivity index (χ1v) is 6.95. The normalized spacial score (nSPS) is 10.1. The Kier molecular flexibility index (Phi) is 4.70. The minimum atomic E-state index is -0.280. The Morgan fingerprint density at radius 1 is 1.05 bits per heavy atom. The van der Waals surface area contributed by atoms with E-state index < -0.39 is 0 Å². The van der Waals surface area contributed by atoms with Crippen molar-refractivity contribution in [2.24, 2.45) is 0 Å². The van der Waals surface area contributed by atoms with Crippen LogP contribution in [0.3, 0.4) is 0 Å². The van der Waals surface area contributed by atoms with Gasteiger partial charge in [0.05, 0.1) is 0 Å². The third-order valence-electron chi connectivity index (χ3n) is 3.08. The molecule has 21 heavy (non-hydrogen) atoms. The summed E-state index contributed by atoms with van der Waals surface area (Å²) in [5, 5.41) is 6.25. The van der Waals surface area contributed by atoms with E-state index in [1.807, 2.05) is 56.3 Å². The van der Waals surface area contributed by atoms with Gasteiger partial charge in [-0.05, 0) is 55.0 Å². The second-order valence-corrected chi connectivity index (χ2v) is 5.42. The van der Waals surface area contributed by atoms with E-state index in [1.54, 1.807) is 12.1 Å². The van der Waals surface area contributed by atoms with Gasteiger partial charge in [0.2, 0.25) is 0 Å². The molecule has 0 aliphatic rings. The molecule has 2 rings (SSSR count). The number of carbonyl (C=O) groups excluding carboxylic acids is 1. The minimum Gasteiger partial charge on any atom is -0.378 e. The number of nitrogens with zero attached hydrogens (tertiary/aromatic N) is 1. The third-order valence-corrected chi connectivity index (χ3v) is 3.31. The molecular formula is C16H18ClN3O. The Bertz CT molecular complexity index is 638. The molecule has 0 spiro atoms. The summed E-state index contributed by atoms with van der Waals surface area (Å²) in [5.41, 5.74) is 3.47. The maximum absolute atomic E-state index is 12.0. The standard InChI is InChI=1S/C16H18ClN3O/c1-11-10-12(17)4-9-15(11)19-16(21)18-13-5-7-14(8-6-13)20(2)3/h4-10H,1-3H3,(H2,18,19,21). The molecule has 5 heteroatoms. The van der Waals surface area contributed by atoms with Crippen molar-refractivity contribution in [3.63, 3.8) is 0 Å². The van der Waals surface area contributed by atoms with Crippen molar-refractivity contribution in [3.05, 3.63) is 53.1 Å². The number of nitrogens with one attached hydrogen (secondary N) is 2. The van der Waals surface area contributed by atoms with E-state index in [0.717, 1.165) is 22.6 Å². The fraction of sp³-hybridized carbons (Fsp3) is 0.188. The number of benzene rings is 2. The summed E-state index contributed by atoms with van der Waals surface area (Å²) in [7, 11) is 3.94. The lowest BCUT2D eigenvalue weighted by molar-refractivity contribution is 0.262. The van der Waals surface area contributed by atoms with Crippen LogP contribution in [0.5, 0.6) is 0 Å². The van der Waals surface area contributed by atoms with E-state index in [9.17, 15) is 4.79 Å². The van der Waals surface area contributed by atoms with Crippen LogP contribution in [0.4, 0.5) is 21.9 Å². The molecule has 0 saturated carbocycles. The van der Waals surface area contributed by atoms with Gasteiger partial charge in [-0.3, -0.25) is 0 Å². The number of carbonyl (C=O) groups is 1. The summed E-state index contributed by atoms with van der Waals surface area (Å²) in [5.74, 6) is 0. The monoisotopic (exact) mass is 303 g/mol. The molecular weight excluding hydrogens is 286 g/mol. The number of rotatable bonds is 3. The van der Waals surface area contributed by atoms with E-state index in [1.165, 1.54) is 0 Å². The Morgan fingerprint density at radius 2 is 1.71 bits per heavy atom. The predicted molar refractivity (Wildman–Crippen MR) is 89.6 cm³/mol. The number of hydrogen-bond acceptors (Lipinski definition) is 2. The number of hydrogen-bond donors (Lipinski definition) is 2. The highest BCUT2D eigenvalue weighted by molar-refractivity contribution is 6.30. The van der Waals surface area contributed by atoms with Gasteiger partial charge in [-0.25, -0.2) is 4.79 Å². The zero-order valence-corrected chi connectivity index (χ0v) is 13.0. The second-order valence-electron chi connectivity index (χ2n) is 4.98. The molecule has 0 unspecified atom stereocenters. The van der Waals surface area contributed by atoms with Crippen LogP contribution in [0.1, 0.15) is 5.56 Å². The number of anilines is 3. The summed E-state index contributed by atoms with van der Waals surface area (Å²) in [6.07, 6.45) is 0. The van der Waals surface area contributed by atoms with Gasteiger partial charge >= 0.3 is 6.03 Å². The number of aryl methyl sites for hydroxylation is 1. The molecule has 0 aliphatic heterocycles. The Labute approximate surface area is 129 Å². The van der Waals surface area contributed by atoms with Gasteiger partial charge in [-0.2, -0.15) is 0 Å². The van der Waals surface area contributed by atoms with Gasteiger partial charge in [-0.1, -0.05) is 11.6 Å². The molecule has 4 nitrogen and oxygen atoms in total. The molecule has 2 aromatic rings. The van der Waals surface area contributed by atoms with Crippen LogP contribution in [-0.2, 0) is 0 Å². The van der Waals surface area contributed by atoms with E-state index >= 15 is 0 Å². The highest BCUT2D eigenvalue weighted by Crippen LogP contribution is 2.20. The Hall–Kier alpha value is -2.20. The van der Waals surface area contributed by atoms with Crippen molar-refractivity contribution in [2.45, 2.75) is 6.92 Å². The molecule has 0 bridgehead atoms. The summed E-state index contributed by atoms with van der Waals surface area (Å²) < 4.78 is 0. The smallest absolute Gasteiger partial charge is 0.323 e. The van der Waals surface area contributed by atoms with Crippen LogP contribution in [-0.4, -0.2) is 20.1 Å². The summed E-state index contributed by atoms with van der Waals surface area (Å²) >= 11 is 5.89. The second kappa shape index (κ2) is 6.50. The average Bonchev–Trinajstić information content (AvgIpc) is 2.42. The number of halogens is 1. The van der Waals surface area contributed by atoms with Gasteiger partial charge < -0.3 is 15.5 Å². The highest BCUT2D eigenvalue weighted by Gasteiger charge is 2.05. The van der Waals surface area contributed by atoms with Gasteiger partial charge in [-0.15, -0.1) is 0 Å². The van der Waals surface area contributed by atoms with E-state index in [0.29, 0.717) is 5.02 Å². The van der Waals surface area contributed by atoms with Gasteiger partial charge in [0.15, 0.2) is 0 Å². The van der Waals surface area contributed by atoms with Gasteiger partial charge in [0, 0.05) is 36.2 Å². The summed E-state index contributed by atoms with van der Waals surface area (Å²) in [6, 6.07) is 12.7. The van der Waals surface area contributed by atoms with Gasteiger partial charge in [0.1, 0.15) is 0 Å². The number of urea groups is 1. The molecule has 0 aliphatic carbocycles. The fourth-order valence-electron chi connectivity index (χ4n) is 1.89. The van der Waals surface area contributed by atoms with E-state index in [2.05, 4.69) is 10.6 Å². The zero-order valence-electron chi connectivity index (χ0n) is 12.3. The summed E-state index contributed by atoms with van der Waals surface area (Å²) in [6.45, 7) is 1.90. The van der Waals surface area contributed by atoms with E-state index in [4.69, 9.17) is 11.6 Å². The molecule has 2 N–H and O–H groups in total. The maximum atomic E-state index is 12.0. The molecule has 0 heterocycles. The van der Waals surface area contributed by atoms with Crippen LogP contribution < -0.4 is 15.5 Å². The van der Waals surface area contributed by atoms with Crippen molar-refractivity contribution in [3.8, 4) is 0 Å². The van der Waals surface area contributed by atoms with Crippen LogP contribution in [0, 0.1) is 6.92 Å². The van der Waals surface area contributed by atoms with Gasteiger partial charge in [0.25, 0.3) is 0 Å². The third kappa shape index (κ3) is 4.13. The van der Waals surface area contributed by atoms with Crippen LogP contribution in [0.15, 0.2) is 42.5 Å². The lowest BCUT2D eigenvalue weighted by Gasteiger charge is -2.13.